The summed E-state index contributed by atoms with van der Waals surface area (Å²) in [6.07, 6.45) is 1.02. The number of aliphatic imine (C=N–C) groups is 1. The molecule has 2 aromatic heterocycles. The van der Waals surface area contributed by atoms with Crippen LogP contribution in [0.5, 0.6) is 0 Å². The Bertz CT molecular complexity index is 538. The summed E-state index contributed by atoms with van der Waals surface area (Å²) in [6, 6.07) is 4.24. The lowest BCUT2D eigenvalue weighted by atomic mass is 10.3. The van der Waals surface area contributed by atoms with Crippen LogP contribution in [0.4, 0.5) is 0 Å². The first-order valence-corrected chi connectivity index (χ1v) is 8.28. The highest BCUT2D eigenvalue weighted by Crippen LogP contribution is 2.15. The number of thiazole rings is 1. The lowest BCUT2D eigenvalue weighted by molar-refractivity contribution is 0.795. The smallest absolute Gasteiger partial charge is 0.191 e. The molecule has 0 fully saturated rings. The van der Waals surface area contributed by atoms with E-state index in [9.17, 15) is 0 Å². The molecule has 2 aromatic rings. The molecule has 0 aliphatic carbocycles. The van der Waals surface area contributed by atoms with Crippen molar-refractivity contribution in [3.8, 4) is 0 Å². The van der Waals surface area contributed by atoms with Crippen molar-refractivity contribution in [2.24, 2.45) is 4.99 Å². The molecule has 0 bridgehead atoms. The number of rotatable bonds is 5. The topological polar surface area (TPSA) is 49.3 Å². The number of aryl methyl sites for hydroxylation is 2. The molecule has 0 aliphatic heterocycles. The Labute approximate surface area is 128 Å². The molecule has 0 atom stereocenters. The fourth-order valence-corrected chi connectivity index (χ4v) is 3.34. The lowest BCUT2D eigenvalue weighted by Gasteiger charge is -2.10. The Hall–Kier alpha value is -1.40. The van der Waals surface area contributed by atoms with Crippen LogP contribution in [0.1, 0.15) is 20.5 Å². The quantitative estimate of drug-likeness (QED) is 0.659. The maximum atomic E-state index is 4.51. The van der Waals surface area contributed by atoms with Gasteiger partial charge in [0.15, 0.2) is 5.96 Å². The number of hydrogen-bond donors (Lipinski definition) is 2. The third-order valence-corrected chi connectivity index (χ3v) is 4.96. The van der Waals surface area contributed by atoms with Crippen molar-refractivity contribution < 1.29 is 0 Å². The van der Waals surface area contributed by atoms with Gasteiger partial charge in [0.25, 0.3) is 0 Å². The molecule has 2 rings (SSSR count). The van der Waals surface area contributed by atoms with Gasteiger partial charge in [0.1, 0.15) is 5.01 Å². The van der Waals surface area contributed by atoms with Gasteiger partial charge in [-0.15, -0.1) is 22.7 Å². The molecule has 2 heterocycles. The van der Waals surface area contributed by atoms with Crippen molar-refractivity contribution in [2.45, 2.75) is 26.8 Å². The van der Waals surface area contributed by atoms with E-state index in [1.807, 2.05) is 6.92 Å². The zero-order valence-electron chi connectivity index (χ0n) is 12.1. The summed E-state index contributed by atoms with van der Waals surface area (Å²) in [5, 5.41) is 9.82. The number of hydrogen-bond acceptors (Lipinski definition) is 4. The number of guanidine groups is 1. The Morgan fingerprint density at radius 1 is 1.35 bits per heavy atom. The second-order valence-electron chi connectivity index (χ2n) is 4.43. The van der Waals surface area contributed by atoms with Crippen molar-refractivity contribution in [2.75, 3.05) is 13.6 Å². The standard InChI is InChI=1S/C14H20N4S2/c1-10-11(2)20-13(18-10)9-17-14(15-3)16-7-6-12-5-4-8-19-12/h4-5,8H,6-7,9H2,1-3H3,(H2,15,16,17). The third kappa shape index (κ3) is 4.31. The van der Waals surface area contributed by atoms with E-state index in [1.165, 1.54) is 9.75 Å². The van der Waals surface area contributed by atoms with Gasteiger partial charge in [-0.1, -0.05) is 6.07 Å². The van der Waals surface area contributed by atoms with Gasteiger partial charge in [-0.2, -0.15) is 0 Å². The van der Waals surface area contributed by atoms with Gasteiger partial charge in [0, 0.05) is 23.3 Å². The summed E-state index contributed by atoms with van der Waals surface area (Å²) < 4.78 is 0. The Balaban J connectivity index is 1.75. The summed E-state index contributed by atoms with van der Waals surface area (Å²) in [6.45, 7) is 5.75. The highest BCUT2D eigenvalue weighted by molar-refractivity contribution is 7.11. The average molecular weight is 308 g/mol. The third-order valence-electron chi connectivity index (χ3n) is 2.95. The van der Waals surface area contributed by atoms with Gasteiger partial charge < -0.3 is 10.6 Å². The summed E-state index contributed by atoms with van der Waals surface area (Å²) >= 11 is 3.52. The summed E-state index contributed by atoms with van der Waals surface area (Å²) in [4.78, 5) is 11.4. The van der Waals surface area contributed by atoms with E-state index >= 15 is 0 Å². The van der Waals surface area contributed by atoms with Gasteiger partial charge in [-0.05, 0) is 31.7 Å². The van der Waals surface area contributed by atoms with Crippen LogP contribution in [0.25, 0.3) is 0 Å². The van der Waals surface area contributed by atoms with Gasteiger partial charge in [0.05, 0.1) is 12.2 Å². The SMILES string of the molecule is CN=C(NCCc1cccs1)NCc1nc(C)c(C)s1. The molecule has 6 heteroatoms. The normalized spacial score (nSPS) is 11.7. The predicted octanol–water partition coefficient (Wildman–Crippen LogP) is 2.73. The second kappa shape index (κ2) is 7.40. The molecular weight excluding hydrogens is 288 g/mol. The van der Waals surface area contributed by atoms with Crippen LogP contribution in [0, 0.1) is 13.8 Å². The first-order valence-electron chi connectivity index (χ1n) is 6.59. The van der Waals surface area contributed by atoms with Crippen molar-refractivity contribution in [3.05, 3.63) is 38.0 Å². The summed E-state index contributed by atoms with van der Waals surface area (Å²) in [5.74, 6) is 0.826. The van der Waals surface area contributed by atoms with E-state index < -0.39 is 0 Å². The van der Waals surface area contributed by atoms with E-state index in [0.29, 0.717) is 0 Å². The Kier molecular flexibility index (Phi) is 5.55. The fraction of sp³-hybridized carbons (Fsp3) is 0.429. The molecule has 0 aromatic carbocycles. The number of thiophene rings is 1. The van der Waals surface area contributed by atoms with Crippen molar-refractivity contribution in [3.63, 3.8) is 0 Å². The minimum absolute atomic E-state index is 0.720. The fourth-order valence-electron chi connectivity index (χ4n) is 1.75. The van der Waals surface area contributed by atoms with Crippen LogP contribution in [0.15, 0.2) is 22.5 Å². The van der Waals surface area contributed by atoms with E-state index in [-0.39, 0.29) is 0 Å². The molecule has 0 spiro atoms. The van der Waals surface area contributed by atoms with Gasteiger partial charge in [-0.25, -0.2) is 4.98 Å². The van der Waals surface area contributed by atoms with Crippen LogP contribution >= 0.6 is 22.7 Å². The predicted molar refractivity (Wildman–Crippen MR) is 87.8 cm³/mol. The van der Waals surface area contributed by atoms with Crippen LogP contribution in [0.2, 0.25) is 0 Å². The van der Waals surface area contributed by atoms with Crippen molar-refractivity contribution in [1.29, 1.82) is 0 Å². The van der Waals surface area contributed by atoms with E-state index in [2.05, 4.69) is 45.0 Å². The first kappa shape index (κ1) is 15.0. The Morgan fingerprint density at radius 3 is 2.80 bits per heavy atom. The van der Waals surface area contributed by atoms with Gasteiger partial charge in [0.2, 0.25) is 0 Å². The number of nitrogens with one attached hydrogen (secondary N) is 2. The molecule has 0 radical (unpaired) electrons. The molecule has 0 amide bonds. The van der Waals surface area contributed by atoms with Crippen LogP contribution < -0.4 is 10.6 Å². The van der Waals surface area contributed by atoms with Crippen molar-refractivity contribution >= 4 is 28.6 Å². The molecule has 4 nitrogen and oxygen atoms in total. The lowest BCUT2D eigenvalue weighted by Crippen LogP contribution is -2.37. The molecule has 0 aliphatic rings. The maximum Gasteiger partial charge on any atom is 0.191 e. The van der Waals surface area contributed by atoms with E-state index in [1.54, 1.807) is 29.7 Å². The average Bonchev–Trinajstić information content (AvgIpc) is 3.05. The number of nitrogens with zero attached hydrogens (tertiary/aromatic N) is 2. The highest BCUT2D eigenvalue weighted by atomic mass is 32.1. The second-order valence-corrected chi connectivity index (χ2v) is 6.75. The van der Waals surface area contributed by atoms with Gasteiger partial charge in [-0.3, -0.25) is 4.99 Å². The largest absolute Gasteiger partial charge is 0.356 e. The Morgan fingerprint density at radius 2 is 2.20 bits per heavy atom. The molecule has 20 heavy (non-hydrogen) atoms. The zero-order valence-corrected chi connectivity index (χ0v) is 13.7. The highest BCUT2D eigenvalue weighted by Gasteiger charge is 2.04. The minimum Gasteiger partial charge on any atom is -0.356 e. The maximum absolute atomic E-state index is 4.51. The van der Waals surface area contributed by atoms with Crippen LogP contribution in [-0.2, 0) is 13.0 Å². The molecule has 0 unspecified atom stereocenters. The molecule has 0 saturated carbocycles. The van der Waals surface area contributed by atoms with Crippen LogP contribution in [-0.4, -0.2) is 24.5 Å². The summed E-state index contributed by atoms with van der Waals surface area (Å²) in [7, 11) is 1.79. The minimum atomic E-state index is 0.720. The zero-order chi connectivity index (χ0) is 14.4. The molecule has 108 valence electrons. The first-order chi connectivity index (χ1) is 9.69. The van der Waals surface area contributed by atoms with Crippen LogP contribution in [0.3, 0.4) is 0 Å². The van der Waals surface area contributed by atoms with Gasteiger partial charge >= 0.3 is 0 Å². The summed E-state index contributed by atoms with van der Waals surface area (Å²) in [5.41, 5.74) is 1.12. The molecular formula is C14H20N4S2. The number of aromatic nitrogens is 1. The van der Waals surface area contributed by atoms with E-state index in [0.717, 1.165) is 36.2 Å². The molecule has 2 N–H and O–H groups in total. The monoisotopic (exact) mass is 308 g/mol. The van der Waals surface area contributed by atoms with E-state index in [4.69, 9.17) is 0 Å². The molecule has 0 saturated heterocycles. The van der Waals surface area contributed by atoms with Crippen molar-refractivity contribution in [1.82, 2.24) is 15.6 Å².